The molecule has 1 saturated carbocycles. The van der Waals surface area contributed by atoms with Crippen LogP contribution in [0.1, 0.15) is 26.2 Å². The minimum Gasteiger partial charge on any atom is -0.215 e. The van der Waals surface area contributed by atoms with Crippen LogP contribution in [0.3, 0.4) is 0 Å². The Balaban J connectivity index is 2.34. The van der Waals surface area contributed by atoms with Gasteiger partial charge in [-0.15, -0.1) is 11.6 Å². The lowest BCUT2D eigenvalue weighted by molar-refractivity contribution is 0.478. The Morgan fingerprint density at radius 1 is 1.46 bits per heavy atom. The maximum Gasteiger partial charge on any atom is 0.211 e. The van der Waals surface area contributed by atoms with Crippen LogP contribution in [0.2, 0.25) is 0 Å². The van der Waals surface area contributed by atoms with Crippen molar-refractivity contribution in [2.24, 2.45) is 5.41 Å². The zero-order valence-electron chi connectivity index (χ0n) is 7.85. The monoisotopic (exact) mass is 225 g/mol. The predicted octanol–water partition coefficient (Wildman–Crippen LogP) is 1.33. The lowest BCUT2D eigenvalue weighted by Gasteiger charge is -2.13. The van der Waals surface area contributed by atoms with Gasteiger partial charge in [0.25, 0.3) is 0 Å². The van der Waals surface area contributed by atoms with Gasteiger partial charge in [-0.05, 0) is 31.6 Å². The summed E-state index contributed by atoms with van der Waals surface area (Å²) < 4.78 is 24.9. The molecule has 0 atom stereocenters. The van der Waals surface area contributed by atoms with E-state index in [1.54, 1.807) is 6.92 Å². The molecule has 1 N–H and O–H groups in total. The van der Waals surface area contributed by atoms with E-state index in [0.29, 0.717) is 12.4 Å². The van der Waals surface area contributed by atoms with Crippen LogP contribution in [-0.4, -0.2) is 26.6 Å². The van der Waals surface area contributed by atoms with E-state index in [1.807, 2.05) is 0 Å². The van der Waals surface area contributed by atoms with E-state index in [9.17, 15) is 8.42 Å². The van der Waals surface area contributed by atoms with Gasteiger partial charge in [-0.1, -0.05) is 0 Å². The van der Waals surface area contributed by atoms with Crippen molar-refractivity contribution in [2.75, 3.05) is 18.2 Å². The highest BCUT2D eigenvalue weighted by Crippen LogP contribution is 2.48. The number of halogens is 1. The number of nitrogens with one attached hydrogen (secondary N) is 1. The molecule has 13 heavy (non-hydrogen) atoms. The van der Waals surface area contributed by atoms with Crippen molar-refractivity contribution >= 4 is 21.6 Å². The number of sulfonamides is 1. The van der Waals surface area contributed by atoms with Crippen LogP contribution in [0.4, 0.5) is 0 Å². The molecule has 0 radical (unpaired) electrons. The number of hydrogen-bond acceptors (Lipinski definition) is 2. The molecular formula is C8H16ClNO2S. The zero-order valence-corrected chi connectivity index (χ0v) is 9.42. The van der Waals surface area contributed by atoms with E-state index in [0.717, 1.165) is 19.3 Å². The zero-order chi connectivity index (χ0) is 9.95. The molecule has 78 valence electrons. The van der Waals surface area contributed by atoms with Gasteiger partial charge in [-0.3, -0.25) is 0 Å². The van der Waals surface area contributed by atoms with E-state index in [2.05, 4.69) is 4.72 Å². The van der Waals surface area contributed by atoms with Crippen LogP contribution in [0.25, 0.3) is 0 Å². The number of hydrogen-bond donors (Lipinski definition) is 1. The second-order valence-electron chi connectivity index (χ2n) is 3.66. The number of rotatable bonds is 6. The molecule has 1 aliphatic rings. The van der Waals surface area contributed by atoms with Crippen molar-refractivity contribution in [3.05, 3.63) is 0 Å². The van der Waals surface area contributed by atoms with Crippen LogP contribution >= 0.6 is 11.6 Å². The van der Waals surface area contributed by atoms with Gasteiger partial charge in [0.2, 0.25) is 10.0 Å². The van der Waals surface area contributed by atoms with Gasteiger partial charge in [-0.2, -0.15) is 0 Å². The first-order valence-electron chi connectivity index (χ1n) is 4.57. The molecule has 0 aromatic heterocycles. The van der Waals surface area contributed by atoms with Gasteiger partial charge in [0.15, 0.2) is 0 Å². The molecule has 0 amide bonds. The summed E-state index contributed by atoms with van der Waals surface area (Å²) in [6.07, 6.45) is 3.12. The van der Waals surface area contributed by atoms with Crippen LogP contribution < -0.4 is 4.72 Å². The summed E-state index contributed by atoms with van der Waals surface area (Å²) in [5, 5.41) is 0. The van der Waals surface area contributed by atoms with Crippen molar-refractivity contribution in [3.63, 3.8) is 0 Å². The molecule has 0 spiro atoms. The van der Waals surface area contributed by atoms with Crippen LogP contribution in [0.5, 0.6) is 0 Å². The quantitative estimate of drug-likeness (QED) is 0.694. The van der Waals surface area contributed by atoms with Crippen molar-refractivity contribution in [1.82, 2.24) is 4.72 Å². The SMILES string of the molecule is CCS(=O)(=O)NCC1(CCCl)CC1. The maximum atomic E-state index is 11.1. The molecule has 3 nitrogen and oxygen atoms in total. The van der Waals surface area contributed by atoms with E-state index in [-0.39, 0.29) is 11.2 Å². The van der Waals surface area contributed by atoms with Crippen LogP contribution in [-0.2, 0) is 10.0 Å². The lowest BCUT2D eigenvalue weighted by Crippen LogP contribution is -2.31. The average molecular weight is 226 g/mol. The van der Waals surface area contributed by atoms with Crippen molar-refractivity contribution in [3.8, 4) is 0 Å². The summed E-state index contributed by atoms with van der Waals surface area (Å²) in [5.41, 5.74) is 0.185. The molecule has 5 heteroatoms. The van der Waals surface area contributed by atoms with Crippen molar-refractivity contribution in [1.29, 1.82) is 0 Å². The Labute approximate surface area is 84.9 Å². The Hall–Kier alpha value is 0.200. The van der Waals surface area contributed by atoms with Crippen LogP contribution in [0.15, 0.2) is 0 Å². The summed E-state index contributed by atoms with van der Waals surface area (Å²) in [6.45, 7) is 2.21. The van der Waals surface area contributed by atoms with E-state index in [1.165, 1.54) is 0 Å². The molecule has 1 fully saturated rings. The van der Waals surface area contributed by atoms with E-state index in [4.69, 9.17) is 11.6 Å². The molecule has 0 unspecified atom stereocenters. The average Bonchev–Trinajstić information content (AvgIpc) is 2.84. The van der Waals surface area contributed by atoms with Gasteiger partial charge in [-0.25, -0.2) is 13.1 Å². The minimum absolute atomic E-state index is 0.157. The highest BCUT2D eigenvalue weighted by Gasteiger charge is 2.42. The summed E-state index contributed by atoms with van der Waals surface area (Å²) >= 11 is 5.63. The molecule has 0 heterocycles. The highest BCUT2D eigenvalue weighted by atomic mass is 35.5. The summed E-state index contributed by atoms with van der Waals surface area (Å²) in [4.78, 5) is 0. The van der Waals surface area contributed by atoms with E-state index >= 15 is 0 Å². The topological polar surface area (TPSA) is 46.2 Å². The molecule has 1 aliphatic carbocycles. The van der Waals surface area contributed by atoms with Gasteiger partial charge >= 0.3 is 0 Å². The van der Waals surface area contributed by atoms with Crippen molar-refractivity contribution in [2.45, 2.75) is 26.2 Å². The summed E-state index contributed by atoms with van der Waals surface area (Å²) in [7, 11) is -3.02. The molecule has 1 rings (SSSR count). The first kappa shape index (κ1) is 11.3. The van der Waals surface area contributed by atoms with Gasteiger partial charge in [0.1, 0.15) is 0 Å². The Morgan fingerprint density at radius 3 is 2.46 bits per heavy atom. The fourth-order valence-corrected chi connectivity index (χ4v) is 2.39. The minimum atomic E-state index is -3.02. The standard InChI is InChI=1S/C8H16ClNO2S/c1-2-13(11,12)10-7-8(3-4-8)5-6-9/h10H,2-7H2,1H3. The lowest BCUT2D eigenvalue weighted by atomic mass is 10.1. The molecule has 0 aromatic carbocycles. The Morgan fingerprint density at radius 2 is 2.08 bits per heavy atom. The predicted molar refractivity (Wildman–Crippen MR) is 54.5 cm³/mol. The van der Waals surface area contributed by atoms with Gasteiger partial charge in [0, 0.05) is 12.4 Å². The second-order valence-corrected chi connectivity index (χ2v) is 6.14. The third kappa shape index (κ3) is 3.44. The smallest absolute Gasteiger partial charge is 0.211 e. The van der Waals surface area contributed by atoms with Crippen LogP contribution in [0, 0.1) is 5.41 Å². The molecule has 0 bridgehead atoms. The fourth-order valence-electron chi connectivity index (χ4n) is 1.26. The largest absolute Gasteiger partial charge is 0.215 e. The molecule has 0 saturated heterocycles. The third-order valence-corrected chi connectivity index (χ3v) is 4.16. The fraction of sp³-hybridized carbons (Fsp3) is 1.00. The molecule has 0 aromatic rings. The third-order valence-electron chi connectivity index (χ3n) is 2.63. The van der Waals surface area contributed by atoms with Gasteiger partial charge in [0.05, 0.1) is 5.75 Å². The maximum absolute atomic E-state index is 11.1. The first-order chi connectivity index (χ1) is 6.04. The Bertz CT molecular complexity index is 259. The van der Waals surface area contributed by atoms with Gasteiger partial charge < -0.3 is 0 Å². The van der Waals surface area contributed by atoms with Crippen molar-refractivity contribution < 1.29 is 8.42 Å². The normalized spacial score (nSPS) is 20.2. The first-order valence-corrected chi connectivity index (χ1v) is 6.76. The second kappa shape index (κ2) is 4.15. The number of alkyl halides is 1. The molecule has 0 aliphatic heterocycles. The Kier molecular flexibility index (Phi) is 3.60. The summed E-state index contributed by atoms with van der Waals surface area (Å²) in [6, 6.07) is 0. The molecular weight excluding hydrogens is 210 g/mol. The van der Waals surface area contributed by atoms with E-state index < -0.39 is 10.0 Å². The summed E-state index contributed by atoms with van der Waals surface area (Å²) in [5.74, 6) is 0.776. The highest BCUT2D eigenvalue weighted by molar-refractivity contribution is 7.89.